The molecular formula is C17H18O6. The summed E-state index contributed by atoms with van der Waals surface area (Å²) in [6.45, 7) is 0. The van der Waals surface area contributed by atoms with Gasteiger partial charge in [0.05, 0.1) is 20.1 Å². The van der Waals surface area contributed by atoms with E-state index < -0.39 is 11.9 Å². The first kappa shape index (κ1) is 16.5. The van der Waals surface area contributed by atoms with Crippen molar-refractivity contribution in [2.45, 2.75) is 12.3 Å². The summed E-state index contributed by atoms with van der Waals surface area (Å²) in [7, 11) is 2.97. The molecule has 6 nitrogen and oxygen atoms in total. The molecule has 2 aromatic rings. The third-order valence-electron chi connectivity index (χ3n) is 3.61. The Bertz CT molecular complexity index is 710. The van der Waals surface area contributed by atoms with Crippen LogP contribution in [-0.2, 0) is 11.2 Å². The molecule has 0 amide bonds. The van der Waals surface area contributed by atoms with Crippen molar-refractivity contribution in [3.05, 3.63) is 47.5 Å². The zero-order valence-corrected chi connectivity index (χ0v) is 12.8. The maximum absolute atomic E-state index is 11.7. The van der Waals surface area contributed by atoms with E-state index in [1.54, 1.807) is 18.2 Å². The number of aliphatic carboxylic acids is 1. The molecule has 3 N–H and O–H groups in total. The van der Waals surface area contributed by atoms with Gasteiger partial charge in [-0.1, -0.05) is 12.1 Å². The molecule has 0 saturated heterocycles. The second kappa shape index (κ2) is 6.91. The molecule has 0 aliphatic rings. The van der Waals surface area contributed by atoms with Gasteiger partial charge in [0.25, 0.3) is 0 Å². The van der Waals surface area contributed by atoms with Crippen LogP contribution in [0.15, 0.2) is 36.4 Å². The number of methoxy groups -OCH3 is 2. The highest BCUT2D eigenvalue weighted by molar-refractivity contribution is 5.78. The third kappa shape index (κ3) is 3.66. The molecular weight excluding hydrogens is 300 g/mol. The molecule has 0 aliphatic carbocycles. The molecule has 0 saturated carbocycles. The second-order valence-electron chi connectivity index (χ2n) is 5.02. The van der Waals surface area contributed by atoms with Crippen LogP contribution in [0.4, 0.5) is 0 Å². The Hall–Kier alpha value is -2.89. The van der Waals surface area contributed by atoms with Gasteiger partial charge < -0.3 is 24.8 Å². The number of rotatable bonds is 6. The Kier molecular flexibility index (Phi) is 4.95. The topological polar surface area (TPSA) is 96.2 Å². The highest BCUT2D eigenvalue weighted by Gasteiger charge is 2.25. The largest absolute Gasteiger partial charge is 0.508 e. The van der Waals surface area contributed by atoms with Crippen LogP contribution >= 0.6 is 0 Å². The van der Waals surface area contributed by atoms with Crippen LogP contribution in [0.3, 0.4) is 0 Å². The SMILES string of the molecule is COc1ccc(C(Cc2ccc(O)cc2O)C(=O)O)c(OC)c1. The van der Waals surface area contributed by atoms with Crippen LogP contribution in [0.2, 0.25) is 0 Å². The Balaban J connectivity index is 2.41. The summed E-state index contributed by atoms with van der Waals surface area (Å²) in [5.74, 6) is -1.23. The van der Waals surface area contributed by atoms with E-state index in [4.69, 9.17) is 9.47 Å². The lowest BCUT2D eigenvalue weighted by Crippen LogP contribution is -2.15. The molecule has 0 aromatic heterocycles. The van der Waals surface area contributed by atoms with E-state index in [-0.39, 0.29) is 17.9 Å². The number of phenolic OH excluding ortho intramolecular Hbond substituents is 2. The molecule has 0 bridgehead atoms. The molecule has 23 heavy (non-hydrogen) atoms. The normalized spacial score (nSPS) is 11.7. The number of aromatic hydroxyl groups is 2. The fourth-order valence-corrected chi connectivity index (χ4v) is 2.38. The molecule has 0 fully saturated rings. The highest BCUT2D eigenvalue weighted by Crippen LogP contribution is 2.35. The number of benzene rings is 2. The first-order valence-corrected chi connectivity index (χ1v) is 6.91. The molecule has 0 spiro atoms. The van der Waals surface area contributed by atoms with Gasteiger partial charge in [-0.05, 0) is 24.1 Å². The molecule has 2 aromatic carbocycles. The summed E-state index contributed by atoms with van der Waals surface area (Å²) in [5.41, 5.74) is 0.904. The van der Waals surface area contributed by atoms with Gasteiger partial charge >= 0.3 is 5.97 Å². The Morgan fingerprint density at radius 3 is 2.39 bits per heavy atom. The van der Waals surface area contributed by atoms with E-state index in [2.05, 4.69) is 0 Å². The number of carboxylic acid groups (broad SMARTS) is 1. The second-order valence-corrected chi connectivity index (χ2v) is 5.02. The van der Waals surface area contributed by atoms with Crippen LogP contribution < -0.4 is 9.47 Å². The van der Waals surface area contributed by atoms with Crippen molar-refractivity contribution in [2.75, 3.05) is 14.2 Å². The van der Waals surface area contributed by atoms with Gasteiger partial charge in [0.15, 0.2) is 0 Å². The maximum Gasteiger partial charge on any atom is 0.311 e. The zero-order valence-electron chi connectivity index (χ0n) is 12.8. The molecule has 1 atom stereocenters. The molecule has 2 rings (SSSR count). The van der Waals surface area contributed by atoms with Crippen molar-refractivity contribution in [3.63, 3.8) is 0 Å². The zero-order chi connectivity index (χ0) is 17.0. The Morgan fingerprint density at radius 2 is 1.83 bits per heavy atom. The summed E-state index contributed by atoms with van der Waals surface area (Å²) in [5, 5.41) is 28.8. The monoisotopic (exact) mass is 318 g/mol. The van der Waals surface area contributed by atoms with E-state index in [9.17, 15) is 20.1 Å². The van der Waals surface area contributed by atoms with E-state index in [1.165, 1.54) is 32.4 Å². The lowest BCUT2D eigenvalue weighted by atomic mass is 9.91. The quantitative estimate of drug-likeness (QED) is 0.757. The fourth-order valence-electron chi connectivity index (χ4n) is 2.38. The van der Waals surface area contributed by atoms with Crippen LogP contribution in [0.1, 0.15) is 17.0 Å². The lowest BCUT2D eigenvalue weighted by Gasteiger charge is -2.17. The molecule has 6 heteroatoms. The van der Waals surface area contributed by atoms with Crippen LogP contribution in [-0.4, -0.2) is 35.5 Å². The number of ether oxygens (including phenoxy) is 2. The van der Waals surface area contributed by atoms with E-state index in [0.29, 0.717) is 22.6 Å². The molecule has 0 heterocycles. The minimum absolute atomic E-state index is 0.0597. The molecule has 1 unspecified atom stereocenters. The smallest absolute Gasteiger partial charge is 0.311 e. The summed E-state index contributed by atoms with van der Waals surface area (Å²) in [6, 6.07) is 8.98. The lowest BCUT2D eigenvalue weighted by molar-refractivity contribution is -0.138. The van der Waals surface area contributed by atoms with Crippen molar-refractivity contribution < 1.29 is 29.6 Å². The van der Waals surface area contributed by atoms with E-state index in [1.807, 2.05) is 0 Å². The third-order valence-corrected chi connectivity index (χ3v) is 3.61. The molecule has 0 radical (unpaired) electrons. The molecule has 0 aliphatic heterocycles. The van der Waals surface area contributed by atoms with E-state index >= 15 is 0 Å². The van der Waals surface area contributed by atoms with Gasteiger partial charge in [-0.15, -0.1) is 0 Å². The highest BCUT2D eigenvalue weighted by atomic mass is 16.5. The first-order valence-electron chi connectivity index (χ1n) is 6.91. The van der Waals surface area contributed by atoms with E-state index in [0.717, 1.165) is 0 Å². The summed E-state index contributed by atoms with van der Waals surface area (Å²) >= 11 is 0. The number of hydrogen-bond acceptors (Lipinski definition) is 5. The van der Waals surface area contributed by atoms with Gasteiger partial charge in [0, 0.05) is 17.7 Å². The van der Waals surface area contributed by atoms with Crippen LogP contribution in [0.25, 0.3) is 0 Å². The standard InChI is InChI=1S/C17H18O6/c1-22-12-5-6-13(16(9-12)23-2)14(17(20)21)7-10-3-4-11(18)8-15(10)19/h3-6,8-9,14,18-19H,7H2,1-2H3,(H,20,21). The average Bonchev–Trinajstić information content (AvgIpc) is 2.53. The van der Waals surface area contributed by atoms with Crippen molar-refractivity contribution in [2.24, 2.45) is 0 Å². The van der Waals surface area contributed by atoms with Crippen molar-refractivity contribution in [1.82, 2.24) is 0 Å². The van der Waals surface area contributed by atoms with Gasteiger partial charge in [-0.25, -0.2) is 0 Å². The summed E-state index contributed by atoms with van der Waals surface area (Å²) < 4.78 is 10.4. The van der Waals surface area contributed by atoms with Crippen molar-refractivity contribution >= 4 is 5.97 Å². The molecule has 122 valence electrons. The van der Waals surface area contributed by atoms with Gasteiger partial charge in [-0.2, -0.15) is 0 Å². The van der Waals surface area contributed by atoms with Gasteiger partial charge in [0.1, 0.15) is 23.0 Å². The fraction of sp³-hybridized carbons (Fsp3) is 0.235. The Labute approximate surface area is 133 Å². The van der Waals surface area contributed by atoms with Crippen molar-refractivity contribution in [3.8, 4) is 23.0 Å². The average molecular weight is 318 g/mol. The van der Waals surface area contributed by atoms with Gasteiger partial charge in [-0.3, -0.25) is 4.79 Å². The van der Waals surface area contributed by atoms with Crippen LogP contribution in [0.5, 0.6) is 23.0 Å². The predicted molar refractivity (Wildman–Crippen MR) is 83.4 cm³/mol. The maximum atomic E-state index is 11.7. The van der Waals surface area contributed by atoms with Gasteiger partial charge in [0.2, 0.25) is 0 Å². The number of carboxylic acids is 1. The first-order chi connectivity index (χ1) is 11.0. The number of carbonyl (C=O) groups is 1. The summed E-state index contributed by atoms with van der Waals surface area (Å²) in [6.07, 6.45) is 0.0597. The predicted octanol–water partition coefficient (Wildman–Crippen LogP) is 2.53. The number of hydrogen-bond donors (Lipinski definition) is 3. The van der Waals surface area contributed by atoms with Crippen LogP contribution in [0, 0.1) is 0 Å². The number of phenols is 2. The Morgan fingerprint density at radius 1 is 1.09 bits per heavy atom. The summed E-state index contributed by atoms with van der Waals surface area (Å²) in [4.78, 5) is 11.7. The minimum Gasteiger partial charge on any atom is -0.508 e. The minimum atomic E-state index is -1.04. The van der Waals surface area contributed by atoms with Crippen molar-refractivity contribution in [1.29, 1.82) is 0 Å².